The normalized spacial score (nSPS) is 8.22. The number of benzene rings is 9. The molecule has 0 bridgehead atoms. The van der Waals surface area contributed by atoms with Gasteiger partial charge >= 0.3 is 84.3 Å². The first-order valence-electron chi connectivity index (χ1n) is 44.1. The van der Waals surface area contributed by atoms with Crippen LogP contribution in [0.25, 0.3) is 0 Å². The molecule has 0 unspecified atom stereocenters. The Bertz CT molecular complexity index is 4280. The zero-order chi connectivity index (χ0) is 102. The first-order chi connectivity index (χ1) is 62.2. The number of hydrogen-bond donors (Lipinski definition) is 8. The Balaban J connectivity index is -0.0000000868. The van der Waals surface area contributed by atoms with Crippen molar-refractivity contribution in [2.24, 2.45) is 11.8 Å². The summed E-state index contributed by atoms with van der Waals surface area (Å²) in [5.41, 5.74) is 34.7. The molecule has 12 N–H and O–H groups in total. The van der Waals surface area contributed by atoms with Gasteiger partial charge in [-0.1, -0.05) is 254 Å². The number of nitrogen functional groups attached to an aromatic ring is 2. The largest absolute Gasteiger partial charge is 2.00 e. The molecule has 138 heavy (non-hydrogen) atoms. The van der Waals surface area contributed by atoms with Crippen molar-refractivity contribution in [2.75, 3.05) is 61.2 Å². The summed E-state index contributed by atoms with van der Waals surface area (Å²) >= 11 is 0. The second kappa shape index (κ2) is 109. The summed E-state index contributed by atoms with van der Waals surface area (Å²) in [7, 11) is 5.40. The van der Waals surface area contributed by atoms with Gasteiger partial charge in [0.2, 0.25) is 23.6 Å². The number of anilines is 6. The summed E-state index contributed by atoms with van der Waals surface area (Å²) in [6.45, 7) is 60.3. The van der Waals surface area contributed by atoms with Crippen molar-refractivity contribution in [1.82, 2.24) is 0 Å². The number of nitrogens with two attached hydrogens (primary N) is 4. The van der Waals surface area contributed by atoms with E-state index in [9.17, 15) is 38.4 Å². The molecule has 28 heteroatoms. The van der Waals surface area contributed by atoms with Gasteiger partial charge in [-0.2, -0.15) is 39.5 Å². The van der Waals surface area contributed by atoms with Gasteiger partial charge in [0.25, 0.3) is 0 Å². The van der Waals surface area contributed by atoms with E-state index in [0.29, 0.717) is 17.9 Å². The predicted molar refractivity (Wildman–Crippen MR) is 569 cm³/mol. The fourth-order valence-corrected chi connectivity index (χ4v) is 10.1. The summed E-state index contributed by atoms with van der Waals surface area (Å²) < 4.78 is 16.8. The van der Waals surface area contributed by atoms with Crippen LogP contribution in [0, 0.1) is 111 Å². The van der Waals surface area contributed by atoms with Crippen LogP contribution in [0.5, 0.6) is 11.5 Å². The molecule has 0 fully saturated rings. The molecular weight excluding hydrogens is 2420 g/mol. The molecule has 0 atom stereocenters. The smallest absolute Gasteiger partial charge is 0.491 e. The Morgan fingerprint density at radius 3 is 0.746 bits per heavy atom. The number of hydrogen-bond acceptors (Lipinski definition) is 20. The Morgan fingerprint density at radius 1 is 0.268 bits per heavy atom. The third-order valence-electron chi connectivity index (χ3n) is 16.0. The van der Waals surface area contributed by atoms with Gasteiger partial charge in [0, 0.05) is 73.8 Å². The van der Waals surface area contributed by atoms with Crippen molar-refractivity contribution < 1.29 is 161 Å². The molecule has 0 heterocycles. The number of nitrogens with one attached hydrogen (secondary N) is 4. The van der Waals surface area contributed by atoms with Gasteiger partial charge < -0.3 is 91.2 Å². The van der Waals surface area contributed by atoms with E-state index < -0.39 is 0 Å². The van der Waals surface area contributed by atoms with Gasteiger partial charge in [0.15, 0.2) is 35.4 Å². The second-order valence-corrected chi connectivity index (χ2v) is 25.3. The molecule has 0 aromatic heterocycles. The van der Waals surface area contributed by atoms with E-state index >= 15 is 0 Å². The van der Waals surface area contributed by atoms with Gasteiger partial charge in [-0.05, 0) is 207 Å². The topological polar surface area (TPSA) is 363 Å². The van der Waals surface area contributed by atoms with Gasteiger partial charge in [0.1, 0.15) is 0 Å². The molecule has 0 saturated carbocycles. The SMILES string of the molecule is CC.CC.CC.CC.CC.CC.CC.CC.CC(=O)Nc1cc(C)c(OON)cc1C.CC(=O)Nc1cc(Cc2ccccc2)c(C)cc1C.CC(=O)Nc1cc(Cc2ccccc2)c(N)cc1C.CC(=O)Nc1cc(Cc2ccccc2)c(OON)cc1C.C[CH-]C(=O)OC.C[CH-]C(=O)OC.C[CH-]C(=O)OC.C[CH-]C(=O)OC.Cc1cc(C)c(Cc2ccccc2)cc1N.[CH3-].[CH3-].[CH3-].[CH3-].[W+2].[W+2].[W+2].[W+2]. The van der Waals surface area contributed by atoms with Gasteiger partial charge in [-0.3, -0.25) is 64.0 Å². The minimum absolute atomic E-state index is 0. The molecule has 0 spiro atoms. The molecule has 0 radical (unpaired) electrons. The average Bonchev–Trinajstić information content (AvgIpc) is 0.832. The maximum absolute atomic E-state index is 11.3. The fraction of sp³-hybridized carbons (Fsp3) is 0.364. The number of rotatable bonds is 20. The zero-order valence-electron chi connectivity index (χ0n) is 90.9. The Kier molecular flexibility index (Phi) is 130. The molecule has 24 nitrogen and oxygen atoms in total. The monoisotopic (exact) mass is 2600 g/mol. The van der Waals surface area contributed by atoms with E-state index in [2.05, 4.69) is 144 Å². The van der Waals surface area contributed by atoms with Crippen LogP contribution in [0.15, 0.2) is 182 Å². The van der Waals surface area contributed by atoms with E-state index in [4.69, 9.17) is 33.0 Å². The van der Waals surface area contributed by atoms with E-state index in [1.54, 1.807) is 45.9 Å². The molecule has 9 aromatic carbocycles. The fourth-order valence-electron chi connectivity index (χ4n) is 10.1. The second-order valence-electron chi connectivity index (χ2n) is 25.3. The molecule has 9 rings (SSSR count). The summed E-state index contributed by atoms with van der Waals surface area (Å²) in [6.07, 6.45) is 8.70. The maximum Gasteiger partial charge on any atom is 2.00 e. The number of amides is 4. The van der Waals surface area contributed by atoms with Crippen LogP contribution in [0.1, 0.15) is 255 Å². The van der Waals surface area contributed by atoms with Crippen LogP contribution < -0.4 is 54.3 Å². The predicted octanol–water partition coefficient (Wildman–Crippen LogP) is 26.2. The van der Waals surface area contributed by atoms with Crippen LogP contribution in [0.3, 0.4) is 0 Å². The van der Waals surface area contributed by atoms with E-state index in [1.165, 1.54) is 121 Å². The summed E-state index contributed by atoms with van der Waals surface area (Å²) in [4.78, 5) is 102. The molecule has 774 valence electrons. The summed E-state index contributed by atoms with van der Waals surface area (Å²) in [5, 5.41) is 11.2. The first kappa shape index (κ1) is 165. The van der Waals surface area contributed by atoms with Crippen molar-refractivity contribution in [1.29, 1.82) is 0 Å². The number of esters is 4. The molecule has 9 aromatic rings. The van der Waals surface area contributed by atoms with Gasteiger partial charge in [-0.15, -0.1) is 0 Å². The van der Waals surface area contributed by atoms with Crippen molar-refractivity contribution >= 4 is 81.6 Å². The number of aryl methyl sites for hydroxylation is 8. The van der Waals surface area contributed by atoms with Gasteiger partial charge in [-0.25, -0.2) is 0 Å². The van der Waals surface area contributed by atoms with E-state index in [-0.39, 0.29) is 161 Å². The third kappa shape index (κ3) is 80.9. The molecule has 4 amide bonds. The quantitative estimate of drug-likeness (QED) is 0.00877. The molecular formula is C110H174N8O16W4. The molecule has 0 saturated heterocycles. The standard InChI is InChI=1S/C17H19NO.C16H18N2O3.C16H18N2O.C15H17N.C10H14N2O3.4C4H7O2.8C2H6.4CH3.4W/c1-12-9-13(2)17(18-14(3)19)11-16(12)10-15-7-5-4-6-8-15;1-11-8-16(20-21-17)14(10-15(11)18-12(2)19)9-13-6-4-3-5-7-13;1-11-8-15(17)14(10-16(11)18-12(2)19)9-13-6-4-3-5-7-13;1-11-8-12(2)15(16)10-14(11)9-13-6-4-3-5-7-13;1-6-5-10(14-15-11)7(2)4-9(6)12-8(3)13;4*1-3-4(5)6-2;8*1-2;;;;;;;;/h4-9,11H,10H2,1-3H3,(H,18,19);3-8,10H,9,17H2,1-2H3,(H,18,19);3-8,10H,9,17H2,1-2H3,(H,18,19);3-8,10H,9,16H2,1-2H3;4-5H,11H2,1-3H3,(H,12,13);4*3H,1-2H3;8*1-2H3;4*1H3;;;;/q;;;;;4*-1;;;;;;;;;4*-1;4*+2. The molecule has 0 aliphatic rings. The minimum Gasteiger partial charge on any atom is -0.491 e. The van der Waals surface area contributed by atoms with Gasteiger partial charge in [0.05, 0.1) is 28.4 Å². The van der Waals surface area contributed by atoms with Crippen LogP contribution >= 0.6 is 0 Å². The maximum atomic E-state index is 11.3. The number of carbonyl (C=O) groups is 8. The van der Waals surface area contributed by atoms with Crippen LogP contribution in [-0.2, 0) is 177 Å². The summed E-state index contributed by atoms with van der Waals surface area (Å²) in [6, 6.07) is 60.5. The van der Waals surface area contributed by atoms with Crippen LogP contribution in [0.2, 0.25) is 0 Å². The first-order valence-corrected chi connectivity index (χ1v) is 44.1. The zero-order valence-corrected chi connectivity index (χ0v) is 103. The Labute approximate surface area is 894 Å². The minimum atomic E-state index is -0.282. The van der Waals surface area contributed by atoms with Crippen molar-refractivity contribution in [3.05, 3.63) is 326 Å². The van der Waals surface area contributed by atoms with E-state index in [0.717, 1.165) is 103 Å². The van der Waals surface area contributed by atoms with Crippen LogP contribution in [0.4, 0.5) is 34.1 Å². The van der Waals surface area contributed by atoms with Crippen molar-refractivity contribution in [3.8, 4) is 11.5 Å². The molecule has 0 aliphatic carbocycles. The van der Waals surface area contributed by atoms with E-state index in [1.807, 2.05) is 236 Å². The van der Waals surface area contributed by atoms with Crippen LogP contribution in [-0.4, -0.2) is 75.9 Å². The Hall–Kier alpha value is -9.99. The average molecular weight is 2600 g/mol. The molecule has 0 aliphatic heterocycles. The summed E-state index contributed by atoms with van der Waals surface area (Å²) in [5.74, 6) is 9.41. The van der Waals surface area contributed by atoms with Crippen molar-refractivity contribution in [2.45, 2.75) is 247 Å². The Morgan fingerprint density at radius 2 is 0.486 bits per heavy atom. The third-order valence-corrected chi connectivity index (χ3v) is 16.0. The van der Waals surface area contributed by atoms with Crippen molar-refractivity contribution in [3.63, 3.8) is 0 Å². The number of ether oxygens (including phenoxy) is 4. The number of carbonyl (C=O) groups excluding carboxylic acids is 8. The number of methoxy groups -OCH3 is 4.